The lowest BCUT2D eigenvalue weighted by molar-refractivity contribution is -0.121. The number of carbonyl (C=O) groups is 2. The summed E-state index contributed by atoms with van der Waals surface area (Å²) < 4.78 is 6.84. The van der Waals surface area contributed by atoms with Crippen LogP contribution in [0.1, 0.15) is 51.2 Å². The zero-order valence-electron chi connectivity index (χ0n) is 19.4. The van der Waals surface area contributed by atoms with E-state index >= 15 is 0 Å². The number of benzene rings is 1. The van der Waals surface area contributed by atoms with Crippen molar-refractivity contribution in [1.82, 2.24) is 14.6 Å². The zero-order valence-corrected chi connectivity index (χ0v) is 19.4. The number of carbonyl (C=O) groups excluding carboxylic acids is 2. The van der Waals surface area contributed by atoms with Gasteiger partial charge in [-0.3, -0.25) is 14.7 Å². The average molecular weight is 448 g/mol. The van der Waals surface area contributed by atoms with Crippen LogP contribution in [0.3, 0.4) is 0 Å². The van der Waals surface area contributed by atoms with Crippen LogP contribution in [-0.2, 0) is 16.0 Å². The molecule has 0 spiro atoms. The van der Waals surface area contributed by atoms with E-state index in [-0.39, 0.29) is 11.8 Å². The molecule has 1 amide bonds. The van der Waals surface area contributed by atoms with Gasteiger partial charge in [-0.2, -0.15) is 0 Å². The Balaban J connectivity index is 1.83. The molecule has 2 aromatic heterocycles. The van der Waals surface area contributed by atoms with Gasteiger partial charge in [0.25, 0.3) is 12.2 Å². The number of H-pyrrole nitrogens is 1. The van der Waals surface area contributed by atoms with Gasteiger partial charge in [0, 0.05) is 23.7 Å². The Hall–Kier alpha value is -3.60. The van der Waals surface area contributed by atoms with Gasteiger partial charge in [0.15, 0.2) is 5.82 Å². The molecule has 0 saturated heterocycles. The number of aryl methyl sites for hydroxylation is 1. The van der Waals surface area contributed by atoms with Crippen molar-refractivity contribution < 1.29 is 14.3 Å². The maximum Gasteiger partial charge on any atom is 0.298 e. The molecule has 172 valence electrons. The molecule has 1 saturated carbocycles. The van der Waals surface area contributed by atoms with Crippen LogP contribution in [0.2, 0.25) is 0 Å². The van der Waals surface area contributed by atoms with E-state index in [0.29, 0.717) is 53.5 Å². The Morgan fingerprint density at radius 3 is 2.73 bits per heavy atom. The summed E-state index contributed by atoms with van der Waals surface area (Å²) in [5.41, 5.74) is 4.16. The number of aromatic amines is 1. The van der Waals surface area contributed by atoms with Crippen LogP contribution < -0.4 is 10.1 Å². The SMILES string of the molecule is [C-]#[N+]c1c(CC2C(C)CCCC2C)c2nc(-c3ccc(C)c(NC(C)=O)c3)[nH]n2c1OC=O. The van der Waals surface area contributed by atoms with E-state index in [2.05, 4.69) is 29.1 Å². The zero-order chi connectivity index (χ0) is 23.7. The molecule has 2 atom stereocenters. The molecule has 8 heteroatoms. The molecule has 0 aliphatic heterocycles. The Labute approximate surface area is 193 Å². The molecule has 8 nitrogen and oxygen atoms in total. The number of nitrogens with zero attached hydrogens (tertiary/aromatic N) is 3. The number of hydrogen-bond acceptors (Lipinski definition) is 4. The molecular weight excluding hydrogens is 418 g/mol. The Kier molecular flexibility index (Phi) is 6.23. The molecule has 33 heavy (non-hydrogen) atoms. The summed E-state index contributed by atoms with van der Waals surface area (Å²) >= 11 is 0. The number of ether oxygens (including phenoxy) is 1. The van der Waals surface area contributed by atoms with Crippen LogP contribution in [0, 0.1) is 31.2 Å². The van der Waals surface area contributed by atoms with Crippen LogP contribution in [0.5, 0.6) is 5.88 Å². The standard InChI is InChI=1S/C25H29N5O3/c1-14-7-6-8-15(2)19(14)12-20-22(26-5)25(33-13-31)30-24(20)28-23(29-30)18-10-9-16(3)21(11-18)27-17(4)32/h9-11,13-15,19H,6-8,12H2,1-4H3,(H,27,32)(H,28,29). The fourth-order valence-corrected chi connectivity index (χ4v) is 5.10. The van der Waals surface area contributed by atoms with Gasteiger partial charge >= 0.3 is 0 Å². The second kappa shape index (κ2) is 9.10. The van der Waals surface area contributed by atoms with E-state index in [1.807, 2.05) is 25.1 Å². The van der Waals surface area contributed by atoms with Crippen molar-refractivity contribution in [2.75, 3.05) is 5.32 Å². The summed E-state index contributed by atoms with van der Waals surface area (Å²) in [7, 11) is 0. The summed E-state index contributed by atoms with van der Waals surface area (Å²) in [5, 5.41) is 6.02. The summed E-state index contributed by atoms with van der Waals surface area (Å²) in [6.45, 7) is 16.0. The largest absolute Gasteiger partial charge is 0.420 e. The van der Waals surface area contributed by atoms with E-state index in [0.717, 1.165) is 16.7 Å². The van der Waals surface area contributed by atoms with Crippen LogP contribution in [-0.4, -0.2) is 27.0 Å². The summed E-state index contributed by atoms with van der Waals surface area (Å²) in [4.78, 5) is 31.3. The van der Waals surface area contributed by atoms with E-state index in [9.17, 15) is 9.59 Å². The van der Waals surface area contributed by atoms with E-state index in [1.165, 1.54) is 26.2 Å². The highest BCUT2D eigenvalue weighted by Gasteiger charge is 2.32. The highest BCUT2D eigenvalue weighted by atomic mass is 16.5. The summed E-state index contributed by atoms with van der Waals surface area (Å²) in [6.07, 6.45) is 4.30. The lowest BCUT2D eigenvalue weighted by Crippen LogP contribution is -2.26. The molecule has 4 rings (SSSR count). The quantitative estimate of drug-likeness (QED) is 0.396. The van der Waals surface area contributed by atoms with E-state index < -0.39 is 0 Å². The van der Waals surface area contributed by atoms with Gasteiger partial charge in [0.05, 0.1) is 6.57 Å². The number of fused-ring (bicyclic) bond motifs is 1. The first kappa shape index (κ1) is 22.6. The molecule has 0 radical (unpaired) electrons. The molecule has 1 aromatic carbocycles. The van der Waals surface area contributed by atoms with Crippen molar-refractivity contribution >= 4 is 29.4 Å². The fourth-order valence-electron chi connectivity index (χ4n) is 5.10. The Morgan fingerprint density at radius 2 is 2.09 bits per heavy atom. The first-order valence-electron chi connectivity index (χ1n) is 11.3. The van der Waals surface area contributed by atoms with E-state index in [1.54, 1.807) is 4.52 Å². The molecule has 2 unspecified atom stereocenters. The van der Waals surface area contributed by atoms with Gasteiger partial charge in [-0.15, -0.1) is 0 Å². The number of anilines is 1. The third kappa shape index (κ3) is 4.23. The van der Waals surface area contributed by atoms with Crippen LogP contribution >= 0.6 is 0 Å². The first-order valence-corrected chi connectivity index (χ1v) is 11.3. The molecule has 1 fully saturated rings. The normalized spacial score (nSPS) is 20.4. The first-order chi connectivity index (χ1) is 15.8. The highest BCUT2D eigenvalue weighted by Crippen LogP contribution is 2.43. The number of amides is 1. The van der Waals surface area contributed by atoms with Crippen LogP contribution in [0.15, 0.2) is 18.2 Å². The van der Waals surface area contributed by atoms with Gasteiger partial charge in [-0.1, -0.05) is 45.2 Å². The Morgan fingerprint density at radius 1 is 1.36 bits per heavy atom. The van der Waals surface area contributed by atoms with Gasteiger partial charge in [0.1, 0.15) is 5.65 Å². The van der Waals surface area contributed by atoms with Crippen LogP contribution in [0.4, 0.5) is 11.4 Å². The molecule has 2 heterocycles. The summed E-state index contributed by atoms with van der Waals surface area (Å²) in [5.74, 6) is 2.11. The number of hydrogen-bond donors (Lipinski definition) is 2. The van der Waals surface area contributed by atoms with E-state index in [4.69, 9.17) is 16.3 Å². The predicted molar refractivity (Wildman–Crippen MR) is 126 cm³/mol. The topological polar surface area (TPSA) is 92.8 Å². The van der Waals surface area contributed by atoms with Gasteiger partial charge in [-0.05, 0) is 42.7 Å². The monoisotopic (exact) mass is 447 g/mol. The lowest BCUT2D eigenvalue weighted by Gasteiger charge is -2.34. The van der Waals surface area contributed by atoms with Gasteiger partial charge in [0.2, 0.25) is 11.8 Å². The Bertz CT molecular complexity index is 1240. The third-order valence-electron chi connectivity index (χ3n) is 6.92. The summed E-state index contributed by atoms with van der Waals surface area (Å²) in [6, 6.07) is 5.69. The van der Waals surface area contributed by atoms with Crippen molar-refractivity contribution in [3.05, 3.63) is 40.7 Å². The maximum atomic E-state index is 11.6. The molecule has 2 N–H and O–H groups in total. The van der Waals surface area contributed by atoms with Crippen molar-refractivity contribution in [1.29, 1.82) is 0 Å². The third-order valence-corrected chi connectivity index (χ3v) is 6.92. The molecular formula is C25H29N5O3. The van der Waals surface area contributed by atoms with Crippen LogP contribution in [0.25, 0.3) is 21.9 Å². The van der Waals surface area contributed by atoms with Gasteiger partial charge in [-0.25, -0.2) is 14.3 Å². The fraction of sp³-hybridized carbons (Fsp3) is 0.440. The van der Waals surface area contributed by atoms with Crippen molar-refractivity contribution in [2.24, 2.45) is 17.8 Å². The molecule has 3 aromatic rings. The smallest absolute Gasteiger partial charge is 0.298 e. The highest BCUT2D eigenvalue weighted by molar-refractivity contribution is 5.90. The minimum atomic E-state index is -0.149. The minimum Gasteiger partial charge on any atom is -0.420 e. The second-order valence-electron chi connectivity index (χ2n) is 9.15. The molecule has 1 aliphatic carbocycles. The molecule has 0 bridgehead atoms. The average Bonchev–Trinajstić information content (AvgIpc) is 3.31. The predicted octanol–water partition coefficient (Wildman–Crippen LogP) is 5.30. The number of nitrogens with one attached hydrogen (secondary N) is 2. The lowest BCUT2D eigenvalue weighted by atomic mass is 9.71. The maximum absolute atomic E-state index is 11.6. The molecule has 1 aliphatic rings. The number of rotatable bonds is 6. The number of aromatic nitrogens is 3. The van der Waals surface area contributed by atoms with Crippen molar-refractivity contribution in [2.45, 2.75) is 53.4 Å². The van der Waals surface area contributed by atoms with Gasteiger partial charge < -0.3 is 10.1 Å². The van der Waals surface area contributed by atoms with Crippen molar-refractivity contribution in [3.8, 4) is 17.3 Å². The second-order valence-corrected chi connectivity index (χ2v) is 9.15. The minimum absolute atomic E-state index is 0.149. The van der Waals surface area contributed by atoms with Crippen molar-refractivity contribution in [3.63, 3.8) is 0 Å².